The van der Waals surface area contributed by atoms with E-state index in [2.05, 4.69) is 5.32 Å². The summed E-state index contributed by atoms with van der Waals surface area (Å²) in [7, 11) is -3.84. The van der Waals surface area contributed by atoms with E-state index in [1.54, 1.807) is 6.92 Å². The lowest BCUT2D eigenvalue weighted by atomic mass is 10.1. The Morgan fingerprint density at radius 1 is 1.00 bits per heavy atom. The van der Waals surface area contributed by atoms with Crippen LogP contribution < -0.4 is 9.62 Å². The molecule has 2 rings (SSSR count). The number of anilines is 1. The molecular weight excluding hydrogens is 495 g/mol. The number of hydrogen-bond donors (Lipinski definition) is 1. The summed E-state index contributed by atoms with van der Waals surface area (Å²) in [5.41, 5.74) is 0.573. The van der Waals surface area contributed by atoms with Crippen molar-refractivity contribution in [2.75, 3.05) is 23.7 Å². The summed E-state index contributed by atoms with van der Waals surface area (Å²) in [5.74, 6) is -3.43. The lowest BCUT2D eigenvalue weighted by molar-refractivity contribution is -0.141. The number of amides is 2. The van der Waals surface area contributed by atoms with Crippen molar-refractivity contribution in [1.82, 2.24) is 10.2 Å². The van der Waals surface area contributed by atoms with E-state index in [-0.39, 0.29) is 37.5 Å². The van der Waals surface area contributed by atoms with E-state index < -0.39 is 39.4 Å². The summed E-state index contributed by atoms with van der Waals surface area (Å²) in [6, 6.07) is 7.58. The van der Waals surface area contributed by atoms with Crippen LogP contribution in [0.2, 0.25) is 0 Å². The zero-order valence-electron chi connectivity index (χ0n) is 20.6. The molecule has 0 aliphatic carbocycles. The van der Waals surface area contributed by atoms with E-state index in [0.717, 1.165) is 35.2 Å². The van der Waals surface area contributed by atoms with Gasteiger partial charge in [-0.1, -0.05) is 26.0 Å². The first kappa shape index (κ1) is 29.2. The monoisotopic (exact) mass is 527 g/mol. The molecule has 2 aromatic carbocycles. The number of carbonyl (C=O) groups is 2. The molecule has 0 spiro atoms. The summed E-state index contributed by atoms with van der Waals surface area (Å²) >= 11 is 0. The lowest BCUT2D eigenvalue weighted by Gasteiger charge is -2.31. The second-order valence-electron chi connectivity index (χ2n) is 8.40. The summed E-state index contributed by atoms with van der Waals surface area (Å²) in [5, 5.41) is 2.79. The van der Waals surface area contributed by atoms with Crippen molar-refractivity contribution < 1.29 is 31.2 Å². The summed E-state index contributed by atoms with van der Waals surface area (Å²) in [6.45, 7) is 4.04. The molecule has 0 aliphatic rings. The standard InChI is InChI=1S/C25H32F3N3O4S/c1-4-14-29-25(33)23(5-2)30(17-18-8-10-19(26)11-9-18)24(32)7-6-15-31(36(3,34)35)20-12-13-21(27)22(28)16-20/h8-13,16,23H,4-7,14-15,17H2,1-3H3,(H,29,33)/t23-/m0/s1. The van der Waals surface area contributed by atoms with E-state index in [4.69, 9.17) is 0 Å². The Balaban J connectivity index is 2.21. The van der Waals surface area contributed by atoms with Gasteiger partial charge < -0.3 is 10.2 Å². The summed E-state index contributed by atoms with van der Waals surface area (Å²) in [6.07, 6.45) is 1.96. The van der Waals surface area contributed by atoms with Crippen molar-refractivity contribution in [2.45, 2.75) is 52.1 Å². The van der Waals surface area contributed by atoms with Crippen LogP contribution in [0.25, 0.3) is 0 Å². The van der Waals surface area contributed by atoms with Gasteiger partial charge in [0.2, 0.25) is 21.8 Å². The first-order valence-electron chi connectivity index (χ1n) is 11.7. The molecule has 2 amide bonds. The third-order valence-corrected chi connectivity index (χ3v) is 6.74. The molecule has 0 radical (unpaired) electrons. The summed E-state index contributed by atoms with van der Waals surface area (Å²) < 4.78 is 65.8. The minimum absolute atomic E-state index is 0.0580. The Bertz CT molecular complexity index is 1140. The molecular formula is C25H32F3N3O4S. The van der Waals surface area contributed by atoms with Gasteiger partial charge in [-0.3, -0.25) is 13.9 Å². The molecule has 0 aromatic heterocycles. The number of hydrogen-bond acceptors (Lipinski definition) is 4. The van der Waals surface area contributed by atoms with Crippen LogP contribution >= 0.6 is 0 Å². The Labute approximate surface area is 210 Å². The highest BCUT2D eigenvalue weighted by Crippen LogP contribution is 2.22. The van der Waals surface area contributed by atoms with Gasteiger partial charge in [-0.2, -0.15) is 0 Å². The lowest BCUT2D eigenvalue weighted by Crippen LogP contribution is -2.49. The van der Waals surface area contributed by atoms with Gasteiger partial charge in [0.15, 0.2) is 11.6 Å². The van der Waals surface area contributed by atoms with Crippen molar-refractivity contribution >= 4 is 27.5 Å². The smallest absolute Gasteiger partial charge is 0.242 e. The Hall–Kier alpha value is -3.08. The van der Waals surface area contributed by atoms with Crippen LogP contribution in [0.5, 0.6) is 0 Å². The fourth-order valence-electron chi connectivity index (χ4n) is 3.72. The highest BCUT2D eigenvalue weighted by atomic mass is 32.2. The first-order chi connectivity index (χ1) is 17.0. The second-order valence-corrected chi connectivity index (χ2v) is 10.3. The maximum atomic E-state index is 13.7. The Morgan fingerprint density at radius 2 is 1.67 bits per heavy atom. The van der Waals surface area contributed by atoms with Crippen molar-refractivity contribution in [2.24, 2.45) is 0 Å². The number of nitrogens with one attached hydrogen (secondary N) is 1. The summed E-state index contributed by atoms with van der Waals surface area (Å²) in [4.78, 5) is 27.4. The normalized spacial score (nSPS) is 12.2. The Morgan fingerprint density at radius 3 is 2.22 bits per heavy atom. The molecule has 0 fully saturated rings. The minimum atomic E-state index is -3.84. The number of nitrogens with zero attached hydrogens (tertiary/aromatic N) is 2. The molecule has 1 N–H and O–H groups in total. The van der Waals surface area contributed by atoms with Gasteiger partial charge in [0, 0.05) is 32.1 Å². The highest BCUT2D eigenvalue weighted by molar-refractivity contribution is 7.92. The maximum absolute atomic E-state index is 13.7. The molecule has 11 heteroatoms. The predicted octanol–water partition coefficient (Wildman–Crippen LogP) is 3.98. The zero-order chi connectivity index (χ0) is 26.9. The Kier molecular flexibility index (Phi) is 10.8. The third kappa shape index (κ3) is 8.25. The average molecular weight is 528 g/mol. The van der Waals surface area contributed by atoms with Crippen molar-refractivity contribution in [3.05, 3.63) is 65.5 Å². The number of halogens is 3. The van der Waals surface area contributed by atoms with E-state index >= 15 is 0 Å². The number of benzene rings is 2. The van der Waals surface area contributed by atoms with Gasteiger partial charge in [-0.05, 0) is 49.1 Å². The number of carbonyl (C=O) groups excluding carboxylic acids is 2. The molecule has 0 saturated carbocycles. The highest BCUT2D eigenvalue weighted by Gasteiger charge is 2.28. The number of sulfonamides is 1. The van der Waals surface area contributed by atoms with Gasteiger partial charge in [-0.15, -0.1) is 0 Å². The molecule has 198 valence electrons. The molecule has 0 bridgehead atoms. The molecule has 2 aromatic rings. The van der Waals surface area contributed by atoms with Crippen LogP contribution in [-0.2, 0) is 26.2 Å². The fourth-order valence-corrected chi connectivity index (χ4v) is 4.67. The zero-order valence-corrected chi connectivity index (χ0v) is 21.5. The molecule has 0 aliphatic heterocycles. The SMILES string of the molecule is CCCNC(=O)[C@H](CC)N(Cc1ccc(F)cc1)C(=O)CCCN(c1ccc(F)c(F)c1)S(C)(=O)=O. The van der Waals surface area contributed by atoms with Crippen LogP contribution in [-0.4, -0.2) is 50.5 Å². The van der Waals surface area contributed by atoms with Crippen molar-refractivity contribution in [1.29, 1.82) is 0 Å². The topological polar surface area (TPSA) is 86.8 Å². The molecule has 0 unspecified atom stereocenters. The second kappa shape index (κ2) is 13.3. The van der Waals surface area contributed by atoms with E-state index in [9.17, 15) is 31.2 Å². The molecule has 0 heterocycles. The first-order valence-corrected chi connectivity index (χ1v) is 13.6. The van der Waals surface area contributed by atoms with E-state index in [1.165, 1.54) is 29.2 Å². The van der Waals surface area contributed by atoms with Gasteiger partial charge in [0.25, 0.3) is 0 Å². The van der Waals surface area contributed by atoms with Gasteiger partial charge in [0.1, 0.15) is 11.9 Å². The van der Waals surface area contributed by atoms with Crippen LogP contribution in [0.15, 0.2) is 42.5 Å². The molecule has 7 nitrogen and oxygen atoms in total. The van der Waals surface area contributed by atoms with Gasteiger partial charge >= 0.3 is 0 Å². The minimum Gasteiger partial charge on any atom is -0.354 e. The van der Waals surface area contributed by atoms with Crippen LogP contribution in [0.3, 0.4) is 0 Å². The van der Waals surface area contributed by atoms with Crippen molar-refractivity contribution in [3.63, 3.8) is 0 Å². The van der Waals surface area contributed by atoms with Crippen LogP contribution in [0.4, 0.5) is 18.9 Å². The quantitative estimate of drug-likeness (QED) is 0.427. The average Bonchev–Trinajstić information content (AvgIpc) is 2.82. The number of rotatable bonds is 13. The third-order valence-electron chi connectivity index (χ3n) is 5.54. The van der Waals surface area contributed by atoms with E-state index in [0.29, 0.717) is 18.5 Å². The fraction of sp³-hybridized carbons (Fsp3) is 0.440. The molecule has 1 atom stereocenters. The van der Waals surface area contributed by atoms with Gasteiger partial charge in [-0.25, -0.2) is 21.6 Å². The van der Waals surface area contributed by atoms with Crippen LogP contribution in [0.1, 0.15) is 45.1 Å². The largest absolute Gasteiger partial charge is 0.354 e. The molecule has 36 heavy (non-hydrogen) atoms. The predicted molar refractivity (Wildman–Crippen MR) is 132 cm³/mol. The van der Waals surface area contributed by atoms with Crippen molar-refractivity contribution in [3.8, 4) is 0 Å². The molecule has 0 saturated heterocycles. The van der Waals surface area contributed by atoms with Crippen LogP contribution in [0, 0.1) is 17.5 Å². The van der Waals surface area contributed by atoms with E-state index in [1.807, 2.05) is 6.92 Å². The van der Waals surface area contributed by atoms with Gasteiger partial charge in [0.05, 0.1) is 11.9 Å². The maximum Gasteiger partial charge on any atom is 0.242 e.